The number of Topliss-reactive ketones (excluding diaryl/α,β-unsaturated/α-hetero) is 1. The number of anilines is 1. The Kier molecular flexibility index (Phi) is 5.53. The Hall–Kier alpha value is -2.37. The van der Waals surface area contributed by atoms with Gasteiger partial charge in [0.2, 0.25) is 5.91 Å². The van der Waals surface area contributed by atoms with Crippen LogP contribution in [-0.4, -0.2) is 30.8 Å². The summed E-state index contributed by atoms with van der Waals surface area (Å²) in [6.45, 7) is 3.62. The van der Waals surface area contributed by atoms with E-state index in [9.17, 15) is 14.4 Å². The third-order valence-electron chi connectivity index (χ3n) is 2.33. The van der Waals surface area contributed by atoms with Gasteiger partial charge in [-0.15, -0.1) is 0 Å². The monoisotopic (exact) mass is 263 g/mol. The molecule has 6 heteroatoms. The lowest BCUT2D eigenvalue weighted by molar-refractivity contribution is -0.118. The second-order valence-corrected chi connectivity index (χ2v) is 4.00. The highest BCUT2D eigenvalue weighted by Crippen LogP contribution is 2.09. The van der Waals surface area contributed by atoms with Crippen LogP contribution in [0.2, 0.25) is 0 Å². The summed E-state index contributed by atoms with van der Waals surface area (Å²) in [6.07, 6.45) is 0. The van der Waals surface area contributed by atoms with E-state index in [2.05, 4.69) is 16.0 Å². The van der Waals surface area contributed by atoms with E-state index in [1.54, 1.807) is 24.3 Å². The van der Waals surface area contributed by atoms with Crippen molar-refractivity contribution in [3.05, 3.63) is 29.8 Å². The lowest BCUT2D eigenvalue weighted by Crippen LogP contribution is -2.36. The number of hydrogen-bond acceptors (Lipinski definition) is 3. The first-order valence-electron chi connectivity index (χ1n) is 5.89. The number of urea groups is 1. The molecule has 0 atom stereocenters. The number of carbonyl (C=O) groups is 3. The average molecular weight is 263 g/mol. The highest BCUT2D eigenvalue weighted by molar-refractivity contribution is 5.95. The maximum absolute atomic E-state index is 11.5. The van der Waals surface area contributed by atoms with Gasteiger partial charge in [-0.1, -0.05) is 0 Å². The van der Waals surface area contributed by atoms with E-state index in [0.29, 0.717) is 24.3 Å². The van der Waals surface area contributed by atoms with Crippen molar-refractivity contribution in [2.75, 3.05) is 18.4 Å². The van der Waals surface area contributed by atoms with Crippen molar-refractivity contribution in [3.8, 4) is 0 Å². The van der Waals surface area contributed by atoms with E-state index in [4.69, 9.17) is 0 Å². The Morgan fingerprint density at radius 3 is 2.05 bits per heavy atom. The molecular weight excluding hydrogens is 246 g/mol. The molecule has 1 aromatic carbocycles. The quantitative estimate of drug-likeness (QED) is 0.550. The second-order valence-electron chi connectivity index (χ2n) is 4.00. The van der Waals surface area contributed by atoms with Gasteiger partial charge in [-0.3, -0.25) is 9.59 Å². The van der Waals surface area contributed by atoms with Crippen LogP contribution >= 0.6 is 0 Å². The fraction of sp³-hybridized carbons (Fsp3) is 0.308. The van der Waals surface area contributed by atoms with Crippen LogP contribution in [0.1, 0.15) is 24.2 Å². The predicted molar refractivity (Wildman–Crippen MR) is 72.2 cm³/mol. The summed E-state index contributed by atoms with van der Waals surface area (Å²) in [7, 11) is 0. The van der Waals surface area contributed by atoms with Crippen LogP contribution in [0.25, 0.3) is 0 Å². The summed E-state index contributed by atoms with van der Waals surface area (Å²) in [5, 5.41) is 7.78. The minimum absolute atomic E-state index is 0.0219. The Morgan fingerprint density at radius 2 is 1.53 bits per heavy atom. The predicted octanol–water partition coefficient (Wildman–Crippen LogP) is 1.15. The van der Waals surface area contributed by atoms with Crippen LogP contribution in [0, 0.1) is 0 Å². The number of benzene rings is 1. The lowest BCUT2D eigenvalue weighted by Gasteiger charge is -2.08. The minimum atomic E-state index is -0.360. The van der Waals surface area contributed by atoms with Crippen molar-refractivity contribution >= 4 is 23.4 Å². The van der Waals surface area contributed by atoms with Gasteiger partial charge in [-0.25, -0.2) is 4.79 Å². The zero-order valence-electron chi connectivity index (χ0n) is 10.9. The van der Waals surface area contributed by atoms with Gasteiger partial charge < -0.3 is 16.0 Å². The molecule has 1 rings (SSSR count). The van der Waals surface area contributed by atoms with Gasteiger partial charge in [0.25, 0.3) is 0 Å². The molecule has 0 heterocycles. The molecule has 3 amide bonds. The van der Waals surface area contributed by atoms with Crippen molar-refractivity contribution in [2.45, 2.75) is 13.8 Å². The smallest absolute Gasteiger partial charge is 0.319 e. The van der Waals surface area contributed by atoms with Crippen molar-refractivity contribution in [2.24, 2.45) is 0 Å². The molecule has 6 nitrogen and oxygen atoms in total. The van der Waals surface area contributed by atoms with Gasteiger partial charge in [0.1, 0.15) is 0 Å². The van der Waals surface area contributed by atoms with Crippen LogP contribution < -0.4 is 16.0 Å². The van der Waals surface area contributed by atoms with Crippen LogP contribution in [0.4, 0.5) is 10.5 Å². The molecule has 0 aliphatic rings. The summed E-state index contributed by atoms with van der Waals surface area (Å²) in [5.41, 5.74) is 1.19. The Morgan fingerprint density at radius 1 is 0.947 bits per heavy atom. The van der Waals surface area contributed by atoms with Crippen LogP contribution in [0.3, 0.4) is 0 Å². The third kappa shape index (κ3) is 5.67. The van der Waals surface area contributed by atoms with Crippen molar-refractivity contribution in [1.29, 1.82) is 0 Å². The highest BCUT2D eigenvalue weighted by Gasteiger charge is 2.02. The Labute approximate surface area is 111 Å². The number of carbonyl (C=O) groups excluding carboxylic acids is 3. The SMILES string of the molecule is CC(=O)NCCNC(=O)Nc1ccc(C(C)=O)cc1. The molecule has 0 aliphatic heterocycles. The number of nitrogens with one attached hydrogen (secondary N) is 3. The zero-order valence-corrected chi connectivity index (χ0v) is 10.9. The van der Waals surface area contributed by atoms with Gasteiger partial charge in [0, 0.05) is 31.3 Å². The van der Waals surface area contributed by atoms with E-state index in [1.807, 2.05) is 0 Å². The van der Waals surface area contributed by atoms with Crippen molar-refractivity contribution < 1.29 is 14.4 Å². The molecule has 0 saturated heterocycles. The normalized spacial score (nSPS) is 9.58. The van der Waals surface area contributed by atoms with Crippen molar-refractivity contribution in [1.82, 2.24) is 10.6 Å². The van der Waals surface area contributed by atoms with Crippen LogP contribution in [0.15, 0.2) is 24.3 Å². The largest absolute Gasteiger partial charge is 0.355 e. The Balaban J connectivity index is 2.35. The van der Waals surface area contributed by atoms with Gasteiger partial charge >= 0.3 is 6.03 Å². The summed E-state index contributed by atoms with van der Waals surface area (Å²) in [5.74, 6) is -0.159. The first-order valence-corrected chi connectivity index (χ1v) is 5.89. The molecule has 3 N–H and O–H groups in total. The number of rotatable bonds is 5. The van der Waals surface area contributed by atoms with E-state index >= 15 is 0 Å². The standard InChI is InChI=1S/C13H17N3O3/c1-9(17)11-3-5-12(6-4-11)16-13(19)15-8-7-14-10(2)18/h3-6H,7-8H2,1-2H3,(H,14,18)(H2,15,16,19). The summed E-state index contributed by atoms with van der Waals surface area (Å²) in [4.78, 5) is 33.1. The van der Waals surface area contributed by atoms with Gasteiger partial charge in [-0.2, -0.15) is 0 Å². The first kappa shape index (κ1) is 14.7. The molecule has 0 saturated carbocycles. The Bertz CT molecular complexity index is 469. The molecule has 0 spiro atoms. The summed E-state index contributed by atoms with van der Waals surface area (Å²) < 4.78 is 0. The average Bonchev–Trinajstić information content (AvgIpc) is 2.35. The van der Waals surface area contributed by atoms with Gasteiger partial charge in [0.05, 0.1) is 0 Å². The van der Waals surface area contributed by atoms with Crippen LogP contribution in [0.5, 0.6) is 0 Å². The van der Waals surface area contributed by atoms with Gasteiger partial charge in [-0.05, 0) is 31.2 Å². The molecule has 0 bridgehead atoms. The van der Waals surface area contributed by atoms with E-state index in [1.165, 1.54) is 13.8 Å². The van der Waals surface area contributed by atoms with E-state index in [-0.39, 0.29) is 17.7 Å². The number of ketones is 1. The second kappa shape index (κ2) is 7.15. The molecule has 102 valence electrons. The topological polar surface area (TPSA) is 87.3 Å². The molecular formula is C13H17N3O3. The van der Waals surface area contributed by atoms with E-state index < -0.39 is 0 Å². The van der Waals surface area contributed by atoms with Gasteiger partial charge in [0.15, 0.2) is 5.78 Å². The molecule has 1 aromatic rings. The molecule has 0 radical (unpaired) electrons. The fourth-order valence-corrected chi connectivity index (χ4v) is 1.38. The van der Waals surface area contributed by atoms with Crippen LogP contribution in [-0.2, 0) is 4.79 Å². The first-order chi connectivity index (χ1) is 8.99. The minimum Gasteiger partial charge on any atom is -0.355 e. The molecule has 0 aromatic heterocycles. The van der Waals surface area contributed by atoms with E-state index in [0.717, 1.165) is 0 Å². The van der Waals surface area contributed by atoms with Crippen molar-refractivity contribution in [3.63, 3.8) is 0 Å². The zero-order chi connectivity index (χ0) is 14.3. The molecule has 0 unspecified atom stereocenters. The maximum atomic E-state index is 11.5. The number of hydrogen-bond donors (Lipinski definition) is 3. The third-order valence-corrected chi connectivity index (χ3v) is 2.33. The molecule has 19 heavy (non-hydrogen) atoms. The molecule has 0 aliphatic carbocycles. The number of amides is 3. The lowest BCUT2D eigenvalue weighted by atomic mass is 10.1. The fourth-order valence-electron chi connectivity index (χ4n) is 1.38. The highest BCUT2D eigenvalue weighted by atomic mass is 16.2. The molecule has 0 fully saturated rings. The maximum Gasteiger partial charge on any atom is 0.319 e. The summed E-state index contributed by atoms with van der Waals surface area (Å²) >= 11 is 0. The summed E-state index contributed by atoms with van der Waals surface area (Å²) in [6, 6.07) is 6.25.